The van der Waals surface area contributed by atoms with Crippen molar-refractivity contribution >= 4 is 15.4 Å². The minimum absolute atomic E-state index is 0. The van der Waals surface area contributed by atoms with Crippen LogP contribution in [-0.4, -0.2) is 4.21 Å². The van der Waals surface area contributed by atoms with Crippen LogP contribution in [0.4, 0.5) is 0 Å². The van der Waals surface area contributed by atoms with Gasteiger partial charge in [-0.25, -0.2) is 0 Å². The van der Waals surface area contributed by atoms with Gasteiger partial charge in [0.25, 0.3) is 0 Å². The molecule has 0 saturated heterocycles. The Labute approximate surface area is 269 Å². The molecular formula is C38H46Cl2Zr. The molecule has 1 unspecified atom stereocenters. The molecule has 0 aliphatic heterocycles. The number of benzene rings is 2. The van der Waals surface area contributed by atoms with Gasteiger partial charge in [0.2, 0.25) is 0 Å². The van der Waals surface area contributed by atoms with Crippen LogP contribution < -0.4 is 24.8 Å². The molecule has 2 aromatic rings. The normalized spacial score (nSPS) is 21.0. The first-order chi connectivity index (χ1) is 18.1. The van der Waals surface area contributed by atoms with Crippen LogP contribution in [0, 0.1) is 11.3 Å². The molecule has 4 aliphatic carbocycles. The fourth-order valence-corrected chi connectivity index (χ4v) is 15.6. The van der Waals surface area contributed by atoms with E-state index in [1.54, 1.807) is 25.6 Å². The van der Waals surface area contributed by atoms with Crippen LogP contribution in [0.1, 0.15) is 120 Å². The second kappa shape index (κ2) is 10.4. The number of allylic oxidation sites excluding steroid dienone is 8. The van der Waals surface area contributed by atoms with Gasteiger partial charge < -0.3 is 24.8 Å². The van der Waals surface area contributed by atoms with E-state index in [0.29, 0.717) is 9.54 Å². The average molecular weight is 665 g/mol. The van der Waals surface area contributed by atoms with Crippen molar-refractivity contribution in [2.24, 2.45) is 11.3 Å². The number of halogens is 2. The van der Waals surface area contributed by atoms with Gasteiger partial charge >= 0.3 is 246 Å². The van der Waals surface area contributed by atoms with Gasteiger partial charge in [-0.3, -0.25) is 0 Å². The van der Waals surface area contributed by atoms with Crippen LogP contribution in [-0.2, 0) is 32.1 Å². The Balaban J connectivity index is 0.00000194. The van der Waals surface area contributed by atoms with E-state index >= 15 is 0 Å². The Morgan fingerprint density at radius 1 is 0.780 bits per heavy atom. The minimum Gasteiger partial charge on any atom is -1.00 e. The van der Waals surface area contributed by atoms with Gasteiger partial charge in [-0.15, -0.1) is 0 Å². The van der Waals surface area contributed by atoms with Crippen LogP contribution in [0.3, 0.4) is 0 Å². The molecule has 0 bridgehead atoms. The first-order valence-electron chi connectivity index (χ1n) is 15.0. The summed E-state index contributed by atoms with van der Waals surface area (Å²) in [7, 11) is 0. The van der Waals surface area contributed by atoms with E-state index in [1.807, 2.05) is 0 Å². The molecule has 4 aliphatic rings. The topological polar surface area (TPSA) is 0 Å². The number of hydrogen-bond acceptors (Lipinski definition) is 0. The summed E-state index contributed by atoms with van der Waals surface area (Å²) in [5, 5.41) is 0. The third-order valence-corrected chi connectivity index (χ3v) is 16.9. The second-order valence-corrected chi connectivity index (χ2v) is 20.2. The minimum atomic E-state index is -2.42. The molecule has 0 N–H and O–H groups in total. The van der Waals surface area contributed by atoms with Gasteiger partial charge in [0.15, 0.2) is 0 Å². The summed E-state index contributed by atoms with van der Waals surface area (Å²) >= 11 is -2.42. The number of fused-ring (bicyclic) bond motifs is 5. The third kappa shape index (κ3) is 4.76. The summed E-state index contributed by atoms with van der Waals surface area (Å²) in [6.07, 6.45) is 8.66. The summed E-state index contributed by atoms with van der Waals surface area (Å²) in [6.45, 7) is 26.1. The van der Waals surface area contributed by atoms with Crippen LogP contribution in [0.15, 0.2) is 56.9 Å². The maximum Gasteiger partial charge on any atom is -1.00 e. The van der Waals surface area contributed by atoms with Gasteiger partial charge in [-0.2, -0.15) is 0 Å². The van der Waals surface area contributed by atoms with Crippen molar-refractivity contribution in [1.29, 1.82) is 0 Å². The SMILES string of the molecule is [CH2]=[Zr+2]([C]1=C(CC)C(C(C)(C)C)=CC1C)[CH]1c2cc3c(cc2-c2cc4c(cc21)C(C)(C)C=C4C)C(C)=CC3(C)C.[Cl-].[Cl-]. The Bertz CT molecular complexity index is 1530. The van der Waals surface area contributed by atoms with E-state index in [9.17, 15) is 0 Å². The fourth-order valence-electron chi connectivity index (χ4n) is 8.41. The zero-order valence-corrected chi connectivity index (χ0v) is 30.8. The van der Waals surface area contributed by atoms with Crippen LogP contribution in [0.2, 0.25) is 0 Å². The second-order valence-electron chi connectivity index (χ2n) is 14.9. The van der Waals surface area contributed by atoms with E-state index in [1.165, 1.54) is 44.5 Å². The van der Waals surface area contributed by atoms with E-state index in [0.717, 1.165) is 6.42 Å². The summed E-state index contributed by atoms with van der Waals surface area (Å²) < 4.78 is 7.46. The van der Waals surface area contributed by atoms with E-state index < -0.39 is 21.3 Å². The first-order valence-corrected chi connectivity index (χ1v) is 19.4. The zero-order chi connectivity index (χ0) is 28.4. The molecule has 0 nitrogen and oxygen atoms in total. The van der Waals surface area contributed by atoms with E-state index in [-0.39, 0.29) is 41.1 Å². The van der Waals surface area contributed by atoms with E-state index in [4.69, 9.17) is 4.21 Å². The summed E-state index contributed by atoms with van der Waals surface area (Å²) in [6, 6.07) is 10.4. The van der Waals surface area contributed by atoms with Gasteiger partial charge in [-0.05, 0) is 0 Å². The maximum atomic E-state index is 5.23. The van der Waals surface area contributed by atoms with Crippen molar-refractivity contribution in [2.45, 2.75) is 97.0 Å². The largest absolute Gasteiger partial charge is 1.00 e. The van der Waals surface area contributed by atoms with Gasteiger partial charge in [0, 0.05) is 0 Å². The molecule has 0 spiro atoms. The molecule has 41 heavy (non-hydrogen) atoms. The number of hydrogen-bond donors (Lipinski definition) is 0. The first kappa shape index (κ1) is 32.6. The van der Waals surface area contributed by atoms with Crippen molar-refractivity contribution < 1.29 is 46.1 Å². The molecule has 2 aromatic carbocycles. The van der Waals surface area contributed by atoms with Gasteiger partial charge in [0.1, 0.15) is 0 Å². The van der Waals surface area contributed by atoms with Crippen LogP contribution in [0.5, 0.6) is 0 Å². The van der Waals surface area contributed by atoms with Crippen molar-refractivity contribution in [3.8, 4) is 11.1 Å². The summed E-state index contributed by atoms with van der Waals surface area (Å²) in [4.78, 5) is 0. The van der Waals surface area contributed by atoms with Crippen molar-refractivity contribution in [2.75, 3.05) is 0 Å². The van der Waals surface area contributed by atoms with Crippen molar-refractivity contribution in [3.05, 3.63) is 90.3 Å². The Kier molecular flexibility index (Phi) is 8.30. The Morgan fingerprint density at radius 3 is 1.61 bits per heavy atom. The molecule has 6 rings (SSSR count). The van der Waals surface area contributed by atoms with E-state index in [2.05, 4.69) is 119 Å². The average Bonchev–Trinajstić information content (AvgIpc) is 3.48. The predicted molar refractivity (Wildman–Crippen MR) is 168 cm³/mol. The fraction of sp³-hybridized carbons (Fsp3) is 0.447. The van der Waals surface area contributed by atoms with Gasteiger partial charge in [0.05, 0.1) is 0 Å². The van der Waals surface area contributed by atoms with Crippen LogP contribution >= 0.6 is 0 Å². The predicted octanol–water partition coefficient (Wildman–Crippen LogP) is 4.49. The summed E-state index contributed by atoms with van der Waals surface area (Å²) in [5.41, 5.74) is 18.4. The third-order valence-electron chi connectivity index (χ3n) is 10.1. The molecule has 1 atom stereocenters. The molecule has 0 amide bonds. The van der Waals surface area contributed by atoms with Crippen molar-refractivity contribution in [3.63, 3.8) is 0 Å². The Hall–Kier alpha value is -1.27. The quantitative estimate of drug-likeness (QED) is 0.454. The zero-order valence-electron chi connectivity index (χ0n) is 26.9. The molecule has 0 aromatic heterocycles. The van der Waals surface area contributed by atoms with Crippen molar-refractivity contribution in [1.82, 2.24) is 0 Å². The molecular weight excluding hydrogens is 619 g/mol. The van der Waals surface area contributed by atoms with Crippen LogP contribution in [0.25, 0.3) is 22.3 Å². The molecule has 0 saturated carbocycles. The smallest absolute Gasteiger partial charge is 1.00 e. The molecule has 216 valence electrons. The maximum absolute atomic E-state index is 5.23. The Morgan fingerprint density at radius 2 is 1.22 bits per heavy atom. The van der Waals surface area contributed by atoms with Gasteiger partial charge in [-0.1, -0.05) is 0 Å². The molecule has 0 fully saturated rings. The monoisotopic (exact) mass is 662 g/mol. The number of rotatable bonds is 3. The molecule has 0 radical (unpaired) electrons. The standard InChI is InChI=1S/C25H25.C12H19.CH2.2ClH.Zr/c1-14-12-24(3,4)22-8-16-7-17-9-23-19(15(2)13-25(23,5)6)11-21(17)20(16)10-18(14)22;1-6-10-7-9(2)8-11(10)12(3,4)5;;;;/h7-13H,1-6H3;8-9H,6H2,1-5H3;1H2;2*1H;/q;;;;;+2/p-2. The summed E-state index contributed by atoms with van der Waals surface area (Å²) in [5.74, 6) is 0.512. The molecule has 3 heteroatoms. The molecule has 0 heterocycles.